The van der Waals surface area contributed by atoms with E-state index in [0.29, 0.717) is 77.4 Å². The van der Waals surface area contributed by atoms with Crippen LogP contribution >= 0.6 is 11.3 Å². The Morgan fingerprint density at radius 1 is 1.04 bits per heavy atom. The van der Waals surface area contributed by atoms with Crippen molar-refractivity contribution in [2.75, 3.05) is 78.0 Å². The largest absolute Gasteiger partial charge is 0.464 e. The number of anilines is 1. The Balaban J connectivity index is 1.18. The summed E-state index contributed by atoms with van der Waals surface area (Å²) in [6, 6.07) is 1.16. The van der Waals surface area contributed by atoms with Gasteiger partial charge in [0.05, 0.1) is 64.7 Å². The number of cyclic esters (lactones) is 1. The Kier molecular flexibility index (Phi) is 16.9. The number of rotatable bonds is 10. The first-order valence-corrected chi connectivity index (χ1v) is 26.6. The fourth-order valence-corrected chi connectivity index (χ4v) is 11.5. The fourth-order valence-electron chi connectivity index (χ4n) is 10.7. The molecule has 0 aliphatic carbocycles. The summed E-state index contributed by atoms with van der Waals surface area (Å²) in [6.45, 7) is 11.5. The van der Waals surface area contributed by atoms with Crippen LogP contribution in [0.5, 0.6) is 0 Å². The number of hydrogen-bond acceptors (Lipinski definition) is 12. The summed E-state index contributed by atoms with van der Waals surface area (Å²) in [5.74, 6) is -0.303. The lowest BCUT2D eigenvalue weighted by Gasteiger charge is -2.41. The van der Waals surface area contributed by atoms with Crippen LogP contribution in [0.2, 0.25) is 0 Å². The van der Waals surface area contributed by atoms with Crippen molar-refractivity contribution in [1.29, 1.82) is 0 Å². The molecule has 3 fully saturated rings. The summed E-state index contributed by atoms with van der Waals surface area (Å²) >= 11 is 1.15. The van der Waals surface area contributed by atoms with Gasteiger partial charge in [0.25, 0.3) is 5.91 Å². The molecule has 2 N–H and O–H groups in total. The molecule has 418 valence electrons. The van der Waals surface area contributed by atoms with Gasteiger partial charge in [0.15, 0.2) is 0 Å². The molecule has 4 amide bonds. The Morgan fingerprint density at radius 3 is 2.40 bits per heavy atom. The Morgan fingerprint density at radius 2 is 1.75 bits per heavy atom. The van der Waals surface area contributed by atoms with Crippen molar-refractivity contribution in [3.63, 3.8) is 0 Å². The molecule has 0 radical (unpaired) electrons. The van der Waals surface area contributed by atoms with Gasteiger partial charge in [0, 0.05) is 106 Å². The first-order chi connectivity index (χ1) is 36.2. The minimum Gasteiger partial charge on any atom is -0.464 e. The van der Waals surface area contributed by atoms with Gasteiger partial charge in [-0.2, -0.15) is 26.3 Å². The van der Waals surface area contributed by atoms with Crippen LogP contribution in [0.1, 0.15) is 76.8 Å². The molecule has 1 aromatic carbocycles. The number of alkyl halides is 6. The minimum atomic E-state index is -4.67. The van der Waals surface area contributed by atoms with E-state index in [2.05, 4.69) is 16.7 Å². The molecule has 3 saturated heterocycles. The number of pyridine rings is 1. The first kappa shape index (κ1) is 57.2. The van der Waals surface area contributed by atoms with Crippen molar-refractivity contribution in [3.8, 4) is 34.4 Å². The highest BCUT2D eigenvalue weighted by Crippen LogP contribution is 2.44. The van der Waals surface area contributed by atoms with Gasteiger partial charge < -0.3 is 34.1 Å². The molecule has 4 aliphatic rings. The number of hydrogen-bond donors (Lipinski definition) is 2. The van der Waals surface area contributed by atoms with Crippen LogP contribution < -0.4 is 15.6 Å². The van der Waals surface area contributed by atoms with E-state index in [9.17, 15) is 45.5 Å². The predicted molar refractivity (Wildman–Crippen MR) is 275 cm³/mol. The SMILES string of the molecule is CCn1c(-c2cc(N3CCN(CC(F)(F)F)CC3)cnc2[C@H](C)OC)c2c3cc(c(F)cc31)-c1csc(n1)C[C@H](NC(=O)[C@H](C(C)C)N(C)C(=O)N1CC(C#CC(F)(F)F)C1)C(=O)N1CCC[C@H](N1)C(=O)OCC(C)(C)C2. The van der Waals surface area contributed by atoms with Crippen LogP contribution in [0.15, 0.2) is 29.8 Å². The number of ether oxygens (including phenoxy) is 2. The summed E-state index contributed by atoms with van der Waals surface area (Å²) in [4.78, 5) is 72.4. The Hall–Kier alpha value is -6.03. The number of carbonyl (C=O) groups is 4. The normalized spacial score (nSPS) is 20.8. The number of likely N-dealkylation sites (tertiary alicyclic amines) is 1. The van der Waals surface area contributed by atoms with Crippen molar-refractivity contribution in [2.24, 2.45) is 17.3 Å². The van der Waals surface area contributed by atoms with E-state index in [1.807, 2.05) is 43.2 Å². The average Bonchev–Trinajstić information content (AvgIpc) is 3.96. The van der Waals surface area contributed by atoms with E-state index < -0.39 is 90.0 Å². The number of nitrogens with zero attached hydrogens (tertiary/aromatic N) is 8. The Labute approximate surface area is 446 Å². The quantitative estimate of drug-likeness (QED) is 0.0916. The number of esters is 1. The van der Waals surface area contributed by atoms with E-state index in [0.717, 1.165) is 16.9 Å². The fraction of sp³-hybridized carbons (Fsp3) is 0.585. The third kappa shape index (κ3) is 13.0. The molecule has 16 nitrogen and oxygen atoms in total. The summed E-state index contributed by atoms with van der Waals surface area (Å²) in [6.07, 6.45) is -6.95. The number of benzene rings is 1. The molecule has 0 saturated carbocycles. The standard InChI is InChI=1S/C53H65F7N10O6S/c1-9-69-42-21-38(54)35-20-34(42)37(46(69)36-19-33(24-61-44(36)31(4)75-8)67-17-15-66(16-18-67)28-53(58,59)60)23-51(5,6)29-76-49(73)39-11-10-14-70(64-39)48(72)40(22-43-62-41(35)27-77-43)63-47(71)45(30(2)3)65(7)50(74)68-25-32(26-68)12-13-52(55,56)57/h19-21,24,27,30-32,39-40,45,64H,9-11,14-18,22-23,25-26,28-29H2,1-8H3,(H,63,71)/t31-,39-,40-,45-/m0/s1. The van der Waals surface area contributed by atoms with Crippen LogP contribution in [-0.2, 0) is 43.2 Å². The summed E-state index contributed by atoms with van der Waals surface area (Å²) in [7, 11) is 2.97. The highest BCUT2D eigenvalue weighted by atomic mass is 32.1. The molecule has 7 heterocycles. The maximum Gasteiger partial charge on any atom is 0.457 e. The van der Waals surface area contributed by atoms with Crippen LogP contribution in [0, 0.1) is 34.9 Å². The molecule has 3 aromatic heterocycles. The first-order valence-electron chi connectivity index (χ1n) is 25.8. The molecule has 24 heteroatoms. The molecule has 8 rings (SSSR count). The molecule has 4 aromatic rings. The van der Waals surface area contributed by atoms with Crippen molar-refractivity contribution < 1.29 is 59.4 Å². The monoisotopic (exact) mass is 1100 g/mol. The zero-order valence-corrected chi connectivity index (χ0v) is 45.1. The second-order valence-corrected chi connectivity index (χ2v) is 22.4. The number of amides is 4. The lowest BCUT2D eigenvalue weighted by Crippen LogP contribution is -2.63. The predicted octanol–water partition coefficient (Wildman–Crippen LogP) is 7.60. The number of aryl methyl sites for hydroxylation is 1. The van der Waals surface area contributed by atoms with E-state index in [1.165, 1.54) is 38.7 Å². The number of fused-ring (bicyclic) bond motifs is 6. The number of thiazole rings is 1. The number of carbonyl (C=O) groups excluding carboxylic acids is 4. The van der Waals surface area contributed by atoms with Gasteiger partial charge in [0.2, 0.25) is 5.91 Å². The van der Waals surface area contributed by atoms with Gasteiger partial charge in [0.1, 0.15) is 23.9 Å². The number of urea groups is 1. The van der Waals surface area contributed by atoms with Crippen molar-refractivity contribution in [2.45, 2.75) is 110 Å². The van der Waals surface area contributed by atoms with Gasteiger partial charge in [-0.15, -0.1) is 11.3 Å². The third-order valence-corrected chi connectivity index (χ3v) is 15.5. The van der Waals surface area contributed by atoms with Crippen molar-refractivity contribution in [3.05, 3.63) is 51.9 Å². The van der Waals surface area contributed by atoms with Gasteiger partial charge in [-0.05, 0) is 62.8 Å². The summed E-state index contributed by atoms with van der Waals surface area (Å²) in [5.41, 5.74) is 6.72. The van der Waals surface area contributed by atoms with Crippen LogP contribution in [0.4, 0.5) is 41.2 Å². The van der Waals surface area contributed by atoms with Gasteiger partial charge in [-0.1, -0.05) is 33.6 Å². The number of aromatic nitrogens is 3. The maximum atomic E-state index is 17.0. The molecule has 4 aliphatic heterocycles. The molecule has 4 atom stereocenters. The van der Waals surface area contributed by atoms with E-state index in [1.54, 1.807) is 38.6 Å². The highest BCUT2D eigenvalue weighted by molar-refractivity contribution is 7.10. The van der Waals surface area contributed by atoms with Crippen LogP contribution in [-0.4, -0.2) is 162 Å². The molecule has 6 bridgehead atoms. The topological polar surface area (TPSA) is 158 Å². The molecule has 0 unspecified atom stereocenters. The minimum absolute atomic E-state index is 0.0618. The summed E-state index contributed by atoms with van der Waals surface area (Å²) < 4.78 is 109. The van der Waals surface area contributed by atoms with Gasteiger partial charge in [-0.25, -0.2) is 19.6 Å². The van der Waals surface area contributed by atoms with Crippen molar-refractivity contribution in [1.82, 2.24) is 45.0 Å². The van der Waals surface area contributed by atoms with E-state index in [4.69, 9.17) is 19.4 Å². The number of methoxy groups -OCH3 is 1. The smallest absolute Gasteiger partial charge is 0.457 e. The van der Waals surface area contributed by atoms with Gasteiger partial charge >= 0.3 is 24.4 Å². The average molecular weight is 1100 g/mol. The van der Waals surface area contributed by atoms with E-state index in [-0.39, 0.29) is 57.0 Å². The molecular formula is C53H65F7N10O6S. The third-order valence-electron chi connectivity index (χ3n) is 14.6. The summed E-state index contributed by atoms with van der Waals surface area (Å²) in [5, 5.41) is 6.83. The number of nitrogens with one attached hydrogen (secondary N) is 2. The number of likely N-dealkylation sites (N-methyl/N-ethyl adjacent to an activating group) is 1. The lowest BCUT2D eigenvalue weighted by atomic mass is 9.84. The molecule has 0 spiro atoms. The maximum absolute atomic E-state index is 17.0. The second-order valence-electron chi connectivity index (χ2n) is 21.4. The zero-order chi connectivity index (χ0) is 55.9. The highest BCUT2D eigenvalue weighted by Gasteiger charge is 2.41. The van der Waals surface area contributed by atoms with Gasteiger partial charge in [-0.3, -0.25) is 29.3 Å². The second kappa shape index (κ2) is 22.7. The van der Waals surface area contributed by atoms with E-state index >= 15 is 4.39 Å². The lowest BCUT2D eigenvalue weighted by molar-refractivity contribution is -0.155. The molecular weight excluding hydrogens is 1040 g/mol. The van der Waals surface area contributed by atoms with Crippen molar-refractivity contribution >= 4 is 51.7 Å². The number of halogens is 7. The Bertz CT molecular complexity index is 2920. The molecule has 77 heavy (non-hydrogen) atoms. The van der Waals surface area contributed by atoms with Crippen LogP contribution in [0.3, 0.4) is 0 Å². The number of piperazine rings is 1. The zero-order valence-electron chi connectivity index (χ0n) is 44.3. The number of hydrazine groups is 1. The van der Waals surface area contributed by atoms with Crippen LogP contribution in [0.25, 0.3) is 33.4 Å².